The van der Waals surface area contributed by atoms with E-state index in [0.29, 0.717) is 19.6 Å². The Hall–Kier alpha value is -1.46. The van der Waals surface area contributed by atoms with Gasteiger partial charge in [0.15, 0.2) is 0 Å². The zero-order valence-corrected chi connectivity index (χ0v) is 11.6. The maximum atomic E-state index is 11.8. The third-order valence-corrected chi connectivity index (χ3v) is 3.30. The molecule has 106 valence electrons. The molecule has 0 bridgehead atoms. The van der Waals surface area contributed by atoms with Gasteiger partial charge in [0.2, 0.25) is 0 Å². The molecular weight excluding hydrogens is 248 g/mol. The minimum Gasteiger partial charge on any atom is -0.444 e. The van der Waals surface area contributed by atoms with Crippen molar-refractivity contribution in [1.29, 1.82) is 0 Å². The van der Waals surface area contributed by atoms with Crippen LogP contribution in [0.5, 0.6) is 0 Å². The average Bonchev–Trinajstić information content (AvgIpc) is 2.66. The van der Waals surface area contributed by atoms with Crippen LogP contribution >= 0.6 is 0 Å². The second-order valence-corrected chi connectivity index (χ2v) is 6.21. The quantitative estimate of drug-likeness (QED) is 0.438. The fourth-order valence-corrected chi connectivity index (χ4v) is 2.49. The van der Waals surface area contributed by atoms with Crippen molar-refractivity contribution in [3.63, 3.8) is 0 Å². The van der Waals surface area contributed by atoms with Crippen LogP contribution in [0, 0.1) is 0 Å². The number of ether oxygens (including phenoxy) is 2. The van der Waals surface area contributed by atoms with Gasteiger partial charge in [-0.25, -0.2) is 4.79 Å². The Morgan fingerprint density at radius 1 is 1.58 bits per heavy atom. The molecule has 2 heterocycles. The Morgan fingerprint density at radius 3 is 2.84 bits per heavy atom. The van der Waals surface area contributed by atoms with E-state index in [-0.39, 0.29) is 17.8 Å². The maximum absolute atomic E-state index is 11.8. The van der Waals surface area contributed by atoms with Crippen molar-refractivity contribution in [3.05, 3.63) is 10.4 Å². The third-order valence-electron chi connectivity index (χ3n) is 3.30. The molecule has 1 atom stereocenters. The van der Waals surface area contributed by atoms with Gasteiger partial charge in [-0.3, -0.25) is 0 Å². The first kappa shape index (κ1) is 14.0. The number of azide groups is 1. The smallest absolute Gasteiger partial charge is 0.410 e. The van der Waals surface area contributed by atoms with Crippen LogP contribution in [0.3, 0.4) is 0 Å². The molecule has 0 radical (unpaired) electrons. The summed E-state index contributed by atoms with van der Waals surface area (Å²) in [7, 11) is 0. The van der Waals surface area contributed by atoms with Gasteiger partial charge in [0.1, 0.15) is 11.2 Å². The number of hydrogen-bond acceptors (Lipinski definition) is 4. The lowest BCUT2D eigenvalue weighted by Crippen LogP contribution is -2.64. The van der Waals surface area contributed by atoms with Crippen molar-refractivity contribution < 1.29 is 14.3 Å². The van der Waals surface area contributed by atoms with E-state index in [9.17, 15) is 4.79 Å². The van der Waals surface area contributed by atoms with Crippen LogP contribution in [0.4, 0.5) is 4.79 Å². The molecule has 1 amide bonds. The number of rotatable bonds is 2. The highest BCUT2D eigenvalue weighted by molar-refractivity contribution is 5.69. The van der Waals surface area contributed by atoms with Gasteiger partial charge < -0.3 is 14.4 Å². The van der Waals surface area contributed by atoms with E-state index in [0.717, 1.165) is 12.8 Å². The molecule has 7 heteroatoms. The molecule has 0 aromatic carbocycles. The molecule has 2 fully saturated rings. The highest BCUT2D eigenvalue weighted by atomic mass is 16.6. The largest absolute Gasteiger partial charge is 0.444 e. The van der Waals surface area contributed by atoms with Crippen LogP contribution in [0.15, 0.2) is 5.11 Å². The third kappa shape index (κ3) is 3.30. The number of carbonyl (C=O) groups excluding carboxylic acids is 1. The molecule has 2 saturated heterocycles. The van der Waals surface area contributed by atoms with Gasteiger partial charge in [-0.2, -0.15) is 0 Å². The van der Waals surface area contributed by atoms with Gasteiger partial charge in [0.25, 0.3) is 0 Å². The van der Waals surface area contributed by atoms with Gasteiger partial charge in [0, 0.05) is 4.91 Å². The molecule has 2 aliphatic rings. The molecule has 0 aromatic heterocycles. The first-order valence-electron chi connectivity index (χ1n) is 6.50. The van der Waals surface area contributed by atoms with E-state index >= 15 is 0 Å². The summed E-state index contributed by atoms with van der Waals surface area (Å²) in [5.41, 5.74) is 7.57. The topological polar surface area (TPSA) is 87.5 Å². The molecule has 1 unspecified atom stereocenters. The standard InChI is InChI=1S/C12H20N4O3/c1-11(2,3)19-10(17)16-7-12(8-16)5-4-9(18-12)6-14-15-13/h9H,4-8H2,1-3H3. The van der Waals surface area contributed by atoms with Crippen molar-refractivity contribution >= 4 is 6.09 Å². The SMILES string of the molecule is CC(C)(C)OC(=O)N1CC2(CCC(CN=[N+]=[N-])O2)C1. The number of carbonyl (C=O) groups is 1. The summed E-state index contributed by atoms with van der Waals surface area (Å²) in [4.78, 5) is 16.2. The molecule has 19 heavy (non-hydrogen) atoms. The minimum absolute atomic E-state index is 0.0170. The molecule has 7 nitrogen and oxygen atoms in total. The summed E-state index contributed by atoms with van der Waals surface area (Å²) < 4.78 is 11.2. The van der Waals surface area contributed by atoms with E-state index in [1.54, 1.807) is 4.90 Å². The summed E-state index contributed by atoms with van der Waals surface area (Å²) in [6.45, 7) is 7.04. The second-order valence-electron chi connectivity index (χ2n) is 6.21. The first-order chi connectivity index (χ1) is 8.84. The van der Waals surface area contributed by atoms with E-state index in [1.165, 1.54) is 0 Å². The zero-order chi connectivity index (χ0) is 14.1. The van der Waals surface area contributed by atoms with Crippen molar-refractivity contribution in [2.75, 3.05) is 19.6 Å². The van der Waals surface area contributed by atoms with E-state index in [2.05, 4.69) is 10.0 Å². The maximum Gasteiger partial charge on any atom is 0.410 e. The van der Waals surface area contributed by atoms with Gasteiger partial charge in [0.05, 0.1) is 25.7 Å². The van der Waals surface area contributed by atoms with Crippen LogP contribution in [0.25, 0.3) is 10.4 Å². The Balaban J connectivity index is 1.80. The lowest BCUT2D eigenvalue weighted by Gasteiger charge is -2.47. The number of likely N-dealkylation sites (tertiary alicyclic amines) is 1. The molecule has 0 aliphatic carbocycles. The fraction of sp³-hybridized carbons (Fsp3) is 0.917. The summed E-state index contributed by atoms with van der Waals surface area (Å²) in [5.74, 6) is 0. The highest BCUT2D eigenvalue weighted by Crippen LogP contribution is 2.38. The number of amides is 1. The van der Waals surface area contributed by atoms with Gasteiger partial charge in [-0.05, 0) is 39.1 Å². The van der Waals surface area contributed by atoms with Crippen molar-refractivity contribution in [2.45, 2.75) is 50.9 Å². The zero-order valence-electron chi connectivity index (χ0n) is 11.6. The monoisotopic (exact) mass is 268 g/mol. The fourth-order valence-electron chi connectivity index (χ4n) is 2.49. The second kappa shape index (κ2) is 4.90. The van der Waals surface area contributed by atoms with Crippen LogP contribution in [-0.4, -0.2) is 47.9 Å². The number of nitrogens with zero attached hydrogens (tertiary/aromatic N) is 4. The molecule has 0 N–H and O–H groups in total. The minimum atomic E-state index is -0.472. The number of hydrogen-bond donors (Lipinski definition) is 0. The predicted octanol–water partition coefficient (Wildman–Crippen LogP) is 2.47. The van der Waals surface area contributed by atoms with Gasteiger partial charge in [-0.1, -0.05) is 5.11 Å². The van der Waals surface area contributed by atoms with Gasteiger partial charge >= 0.3 is 6.09 Å². The van der Waals surface area contributed by atoms with Gasteiger partial charge in [-0.15, -0.1) is 0 Å². The highest BCUT2D eigenvalue weighted by Gasteiger charge is 2.51. The molecule has 2 aliphatic heterocycles. The summed E-state index contributed by atoms with van der Waals surface area (Å²) in [6, 6.07) is 0. The Kier molecular flexibility index (Phi) is 3.60. The average molecular weight is 268 g/mol. The van der Waals surface area contributed by atoms with Crippen LogP contribution < -0.4 is 0 Å². The predicted molar refractivity (Wildman–Crippen MR) is 68.7 cm³/mol. The van der Waals surface area contributed by atoms with Crippen LogP contribution in [-0.2, 0) is 9.47 Å². The Labute approximate surface area is 112 Å². The van der Waals surface area contributed by atoms with E-state index < -0.39 is 5.60 Å². The normalized spacial score (nSPS) is 24.8. The van der Waals surface area contributed by atoms with Crippen LogP contribution in [0.1, 0.15) is 33.6 Å². The molecule has 0 saturated carbocycles. The summed E-state index contributed by atoms with van der Waals surface area (Å²) in [5, 5.41) is 3.53. The van der Waals surface area contributed by atoms with Crippen LogP contribution in [0.2, 0.25) is 0 Å². The van der Waals surface area contributed by atoms with Crippen molar-refractivity contribution in [2.24, 2.45) is 5.11 Å². The summed E-state index contributed by atoms with van der Waals surface area (Å²) >= 11 is 0. The lowest BCUT2D eigenvalue weighted by atomic mass is 9.91. The van der Waals surface area contributed by atoms with E-state index in [4.69, 9.17) is 15.0 Å². The lowest BCUT2D eigenvalue weighted by molar-refractivity contribution is -0.129. The first-order valence-corrected chi connectivity index (χ1v) is 6.50. The Morgan fingerprint density at radius 2 is 2.26 bits per heavy atom. The molecular formula is C12H20N4O3. The molecule has 1 spiro atoms. The van der Waals surface area contributed by atoms with E-state index in [1.807, 2.05) is 20.8 Å². The summed E-state index contributed by atoms with van der Waals surface area (Å²) in [6.07, 6.45) is 1.47. The van der Waals surface area contributed by atoms with Crippen molar-refractivity contribution in [1.82, 2.24) is 4.90 Å². The van der Waals surface area contributed by atoms with Crippen molar-refractivity contribution in [3.8, 4) is 0 Å². The Bertz CT molecular complexity index is 406. The molecule has 0 aromatic rings. The molecule has 2 rings (SSSR count).